The number of ether oxygens (including phenoxy) is 1. The Hall–Kier alpha value is -2.15. The quantitative estimate of drug-likeness (QED) is 0.825. The summed E-state index contributed by atoms with van der Waals surface area (Å²) in [6.45, 7) is 3.31. The minimum atomic E-state index is -1.07. The Balaban J connectivity index is 2.26. The molecule has 1 aromatic heterocycles. The molecule has 0 fully saturated rings. The largest absolute Gasteiger partial charge is 0.481 e. The number of carboxylic acids is 1. The first-order valence-electron chi connectivity index (χ1n) is 7.46. The first kappa shape index (κ1) is 17.2. The molecule has 126 valence electrons. The fourth-order valence-corrected chi connectivity index (χ4v) is 2.98. The van der Waals surface area contributed by atoms with Crippen LogP contribution in [0, 0.1) is 6.92 Å². The van der Waals surface area contributed by atoms with Gasteiger partial charge in [0.2, 0.25) is 0 Å². The molecule has 1 aliphatic carbocycles. The Kier molecular flexibility index (Phi) is 4.89. The number of hydrogen-bond donors (Lipinski definition) is 2. The van der Waals surface area contributed by atoms with Gasteiger partial charge in [0, 0.05) is 25.5 Å². The van der Waals surface area contributed by atoms with Crippen molar-refractivity contribution in [3.63, 3.8) is 0 Å². The van der Waals surface area contributed by atoms with Gasteiger partial charge in [-0.15, -0.1) is 0 Å². The van der Waals surface area contributed by atoms with Crippen LogP contribution in [-0.4, -0.2) is 42.0 Å². The normalized spacial score (nSPS) is 16.6. The number of amides is 1. The number of aliphatic carboxylic acids is 1. The van der Waals surface area contributed by atoms with Crippen molar-refractivity contribution in [3.05, 3.63) is 22.6 Å². The summed E-state index contributed by atoms with van der Waals surface area (Å²) in [6, 6.07) is 0. The van der Waals surface area contributed by atoms with Crippen molar-refractivity contribution >= 4 is 17.7 Å². The molecule has 0 aliphatic heterocycles. The lowest BCUT2D eigenvalue weighted by Gasteiger charge is -2.28. The van der Waals surface area contributed by atoms with Crippen LogP contribution < -0.4 is 5.32 Å². The van der Waals surface area contributed by atoms with Gasteiger partial charge in [-0.05, 0) is 20.3 Å². The molecule has 1 amide bonds. The van der Waals surface area contributed by atoms with Gasteiger partial charge in [-0.3, -0.25) is 14.4 Å². The average molecular weight is 323 g/mol. The second-order valence-corrected chi connectivity index (χ2v) is 6.15. The van der Waals surface area contributed by atoms with E-state index in [2.05, 4.69) is 5.32 Å². The molecule has 0 aromatic carbocycles. The van der Waals surface area contributed by atoms with Gasteiger partial charge in [0.05, 0.1) is 24.1 Å². The summed E-state index contributed by atoms with van der Waals surface area (Å²) in [4.78, 5) is 35.5. The first-order chi connectivity index (χ1) is 10.8. The van der Waals surface area contributed by atoms with Gasteiger partial charge in [-0.1, -0.05) is 0 Å². The number of carbonyl (C=O) groups is 3. The number of carboxylic acid groups (broad SMARTS) is 1. The van der Waals surface area contributed by atoms with E-state index in [1.54, 1.807) is 13.8 Å². The van der Waals surface area contributed by atoms with E-state index in [9.17, 15) is 14.4 Å². The smallest absolute Gasteiger partial charge is 0.305 e. The molecule has 1 heterocycles. The zero-order chi connectivity index (χ0) is 17.2. The molecule has 7 heteroatoms. The monoisotopic (exact) mass is 323 g/mol. The molecule has 0 saturated heterocycles. The van der Waals surface area contributed by atoms with Crippen LogP contribution >= 0.6 is 0 Å². The van der Waals surface area contributed by atoms with Crippen LogP contribution in [0.2, 0.25) is 0 Å². The molecular weight excluding hydrogens is 302 g/mol. The standard InChI is InChI=1S/C16H21NO6/c1-9-13-10(18)5-4-6-11(13)23-14(9)15(21)17-16(2,8-22-3)7-12(19)20/h4-8H2,1-3H3,(H,17,21)(H,19,20). The van der Waals surface area contributed by atoms with E-state index in [0.29, 0.717) is 36.1 Å². The summed E-state index contributed by atoms with van der Waals surface area (Å²) in [5.41, 5.74) is -0.0631. The lowest BCUT2D eigenvalue weighted by molar-refractivity contribution is -0.139. The SMILES string of the molecule is COCC(C)(CC(=O)O)NC(=O)c1oc2c(c1C)C(=O)CCC2. The third kappa shape index (κ3) is 3.61. The van der Waals surface area contributed by atoms with Gasteiger partial charge in [0.1, 0.15) is 5.76 Å². The molecule has 1 aromatic rings. The topological polar surface area (TPSA) is 106 Å². The number of hydrogen-bond acceptors (Lipinski definition) is 5. The van der Waals surface area contributed by atoms with E-state index < -0.39 is 17.4 Å². The van der Waals surface area contributed by atoms with Crippen LogP contribution in [0.4, 0.5) is 0 Å². The predicted octanol–water partition coefficient (Wildman–Crippen LogP) is 1.72. The number of rotatable bonds is 6. The molecule has 2 rings (SSSR count). The van der Waals surface area contributed by atoms with E-state index in [1.165, 1.54) is 7.11 Å². The third-order valence-electron chi connectivity index (χ3n) is 3.93. The highest BCUT2D eigenvalue weighted by molar-refractivity contribution is 6.03. The number of methoxy groups -OCH3 is 1. The second-order valence-electron chi connectivity index (χ2n) is 6.15. The van der Waals surface area contributed by atoms with Crippen LogP contribution in [0.5, 0.6) is 0 Å². The van der Waals surface area contributed by atoms with Crippen molar-refractivity contribution < 1.29 is 28.6 Å². The zero-order valence-electron chi connectivity index (χ0n) is 13.5. The molecule has 0 bridgehead atoms. The second kappa shape index (κ2) is 6.54. The highest BCUT2D eigenvalue weighted by Gasteiger charge is 2.34. The van der Waals surface area contributed by atoms with E-state index >= 15 is 0 Å². The molecule has 0 saturated carbocycles. The average Bonchev–Trinajstić information content (AvgIpc) is 2.76. The summed E-state index contributed by atoms with van der Waals surface area (Å²) >= 11 is 0. The molecule has 7 nitrogen and oxygen atoms in total. The molecular formula is C16H21NO6. The van der Waals surface area contributed by atoms with E-state index in [1.807, 2.05) is 0 Å². The minimum Gasteiger partial charge on any atom is -0.481 e. The maximum Gasteiger partial charge on any atom is 0.305 e. The van der Waals surface area contributed by atoms with Gasteiger partial charge in [-0.25, -0.2) is 0 Å². The van der Waals surface area contributed by atoms with Crippen molar-refractivity contribution in [2.45, 2.75) is 45.1 Å². The highest BCUT2D eigenvalue weighted by Crippen LogP contribution is 2.29. The molecule has 0 spiro atoms. The van der Waals surface area contributed by atoms with Gasteiger partial charge in [0.25, 0.3) is 5.91 Å². The Morgan fingerprint density at radius 3 is 2.65 bits per heavy atom. The van der Waals surface area contributed by atoms with Gasteiger partial charge in [0.15, 0.2) is 11.5 Å². The Bertz CT molecular complexity index is 647. The maximum absolute atomic E-state index is 12.5. The molecule has 2 N–H and O–H groups in total. The number of Topliss-reactive ketones (excluding diaryl/α,β-unsaturated/α-hetero) is 1. The van der Waals surface area contributed by atoms with E-state index in [0.717, 1.165) is 0 Å². The minimum absolute atomic E-state index is 0.0169. The molecule has 0 radical (unpaired) electrons. The number of nitrogens with one attached hydrogen (secondary N) is 1. The van der Waals surface area contributed by atoms with Crippen LogP contribution in [0.1, 0.15) is 58.4 Å². The third-order valence-corrected chi connectivity index (χ3v) is 3.93. The fourth-order valence-electron chi connectivity index (χ4n) is 2.98. The van der Waals surface area contributed by atoms with Crippen molar-refractivity contribution in [3.8, 4) is 0 Å². The van der Waals surface area contributed by atoms with Crippen molar-refractivity contribution in [1.82, 2.24) is 5.32 Å². The van der Waals surface area contributed by atoms with Crippen LogP contribution in [0.25, 0.3) is 0 Å². The lowest BCUT2D eigenvalue weighted by Crippen LogP contribution is -2.50. The van der Waals surface area contributed by atoms with Gasteiger partial charge >= 0.3 is 5.97 Å². The first-order valence-corrected chi connectivity index (χ1v) is 7.46. The Morgan fingerprint density at radius 1 is 1.39 bits per heavy atom. The van der Waals surface area contributed by atoms with Gasteiger partial charge < -0.3 is 19.6 Å². The van der Waals surface area contributed by atoms with Crippen LogP contribution in [0.3, 0.4) is 0 Å². The van der Waals surface area contributed by atoms with Crippen LogP contribution in [-0.2, 0) is 16.0 Å². The fraction of sp³-hybridized carbons (Fsp3) is 0.562. The predicted molar refractivity (Wildman–Crippen MR) is 80.7 cm³/mol. The summed E-state index contributed by atoms with van der Waals surface area (Å²) < 4.78 is 10.6. The van der Waals surface area contributed by atoms with Crippen LogP contribution in [0.15, 0.2) is 4.42 Å². The molecule has 1 unspecified atom stereocenters. The zero-order valence-corrected chi connectivity index (χ0v) is 13.5. The lowest BCUT2D eigenvalue weighted by atomic mass is 9.93. The summed E-state index contributed by atoms with van der Waals surface area (Å²) in [7, 11) is 1.43. The van der Waals surface area contributed by atoms with Gasteiger partial charge in [-0.2, -0.15) is 0 Å². The molecule has 1 atom stereocenters. The Morgan fingerprint density at radius 2 is 2.09 bits per heavy atom. The maximum atomic E-state index is 12.5. The molecule has 1 aliphatic rings. The van der Waals surface area contributed by atoms with Crippen molar-refractivity contribution in [1.29, 1.82) is 0 Å². The number of carbonyl (C=O) groups excluding carboxylic acids is 2. The van der Waals surface area contributed by atoms with E-state index in [-0.39, 0.29) is 24.6 Å². The number of fused-ring (bicyclic) bond motifs is 1. The Labute approximate surface area is 134 Å². The molecule has 23 heavy (non-hydrogen) atoms. The summed E-state index contributed by atoms with van der Waals surface area (Å²) in [6.07, 6.45) is 1.50. The summed E-state index contributed by atoms with van der Waals surface area (Å²) in [5.74, 6) is -0.994. The number of aryl methyl sites for hydroxylation is 1. The van der Waals surface area contributed by atoms with Crippen molar-refractivity contribution in [2.24, 2.45) is 0 Å². The number of furan rings is 1. The number of ketones is 1. The van der Waals surface area contributed by atoms with Crippen molar-refractivity contribution in [2.75, 3.05) is 13.7 Å². The summed E-state index contributed by atoms with van der Waals surface area (Å²) in [5, 5.41) is 11.7. The highest BCUT2D eigenvalue weighted by atomic mass is 16.5. The van der Waals surface area contributed by atoms with E-state index in [4.69, 9.17) is 14.3 Å².